The Kier molecular flexibility index (Phi) is 5.83. The quantitative estimate of drug-likeness (QED) is 0.779. The number of rotatable bonds is 7. The minimum Gasteiger partial charge on any atom is -0.383 e. The van der Waals surface area contributed by atoms with Crippen molar-refractivity contribution < 1.29 is 4.74 Å². The predicted molar refractivity (Wildman–Crippen MR) is 64.2 cm³/mol. The molecule has 1 aromatic rings. The average Bonchev–Trinajstić information content (AvgIpc) is 2.77. The first-order chi connectivity index (χ1) is 7.31. The van der Waals surface area contributed by atoms with Crippen LogP contribution in [0.2, 0.25) is 0 Å². The average molecular weight is 228 g/mol. The Morgan fingerprint density at radius 3 is 2.73 bits per heavy atom. The molecule has 0 aliphatic rings. The van der Waals surface area contributed by atoms with Crippen LogP contribution in [0.25, 0.3) is 0 Å². The molecule has 2 atom stereocenters. The van der Waals surface area contributed by atoms with Gasteiger partial charge in [-0.05, 0) is 12.8 Å². The molecule has 0 saturated heterocycles. The van der Waals surface area contributed by atoms with Crippen molar-refractivity contribution in [2.24, 2.45) is 0 Å². The normalized spacial score (nSPS) is 15.1. The Bertz CT molecular complexity index is 251. The molecule has 86 valence electrons. The summed E-state index contributed by atoms with van der Waals surface area (Å²) in [7, 11) is 1.74. The molecule has 0 aromatic carbocycles. The van der Waals surface area contributed by atoms with E-state index in [9.17, 15) is 0 Å². The Hall–Kier alpha value is -0.450. The van der Waals surface area contributed by atoms with E-state index in [1.165, 1.54) is 5.01 Å². The van der Waals surface area contributed by atoms with Crippen molar-refractivity contribution >= 4 is 11.3 Å². The Labute approximate surface area is 95.9 Å². The van der Waals surface area contributed by atoms with Crippen LogP contribution < -0.4 is 5.32 Å². The van der Waals surface area contributed by atoms with Gasteiger partial charge in [0.1, 0.15) is 5.01 Å². The van der Waals surface area contributed by atoms with Gasteiger partial charge in [-0.15, -0.1) is 11.3 Å². The number of hydrogen-bond acceptors (Lipinski definition) is 4. The van der Waals surface area contributed by atoms with E-state index in [0.717, 1.165) is 19.4 Å². The summed E-state index contributed by atoms with van der Waals surface area (Å²) in [4.78, 5) is 4.35. The highest BCUT2D eigenvalue weighted by molar-refractivity contribution is 7.09. The van der Waals surface area contributed by atoms with Crippen LogP contribution in [0, 0.1) is 0 Å². The largest absolute Gasteiger partial charge is 0.383 e. The number of thiazole rings is 1. The van der Waals surface area contributed by atoms with Gasteiger partial charge < -0.3 is 10.1 Å². The van der Waals surface area contributed by atoms with Crippen molar-refractivity contribution in [1.82, 2.24) is 10.3 Å². The van der Waals surface area contributed by atoms with Gasteiger partial charge in [0, 0.05) is 24.7 Å². The summed E-state index contributed by atoms with van der Waals surface area (Å²) in [5.41, 5.74) is 0. The minimum atomic E-state index is 0.366. The van der Waals surface area contributed by atoms with Gasteiger partial charge in [0.2, 0.25) is 0 Å². The van der Waals surface area contributed by atoms with Crippen molar-refractivity contribution in [1.29, 1.82) is 0 Å². The van der Waals surface area contributed by atoms with E-state index in [1.807, 2.05) is 11.6 Å². The van der Waals surface area contributed by atoms with E-state index in [-0.39, 0.29) is 0 Å². The number of nitrogens with zero attached hydrogens (tertiary/aromatic N) is 1. The van der Waals surface area contributed by atoms with Crippen molar-refractivity contribution in [3.8, 4) is 0 Å². The second kappa shape index (κ2) is 6.93. The summed E-state index contributed by atoms with van der Waals surface area (Å²) >= 11 is 1.71. The molecule has 1 N–H and O–H groups in total. The summed E-state index contributed by atoms with van der Waals surface area (Å²) in [5.74, 6) is 0. The van der Waals surface area contributed by atoms with E-state index in [1.54, 1.807) is 18.4 Å². The first kappa shape index (κ1) is 12.6. The van der Waals surface area contributed by atoms with Crippen LogP contribution >= 0.6 is 11.3 Å². The lowest BCUT2D eigenvalue weighted by molar-refractivity contribution is 0.158. The molecule has 15 heavy (non-hydrogen) atoms. The Morgan fingerprint density at radius 1 is 1.47 bits per heavy atom. The van der Waals surface area contributed by atoms with Crippen LogP contribution in [0.3, 0.4) is 0 Å². The lowest BCUT2D eigenvalue weighted by Crippen LogP contribution is -2.35. The van der Waals surface area contributed by atoms with E-state index in [4.69, 9.17) is 4.74 Å². The van der Waals surface area contributed by atoms with Gasteiger partial charge in [-0.25, -0.2) is 4.98 Å². The van der Waals surface area contributed by atoms with Crippen LogP contribution in [0.4, 0.5) is 0 Å². The number of ether oxygens (including phenoxy) is 1. The van der Waals surface area contributed by atoms with Gasteiger partial charge in [-0.3, -0.25) is 0 Å². The standard InChI is InChI=1S/C11H20N2OS/c1-4-9(8-14-3)13-10(5-2)11-12-6-7-15-11/h6-7,9-10,13H,4-5,8H2,1-3H3. The zero-order chi connectivity index (χ0) is 11.1. The lowest BCUT2D eigenvalue weighted by atomic mass is 10.1. The fourth-order valence-corrected chi connectivity index (χ4v) is 2.32. The van der Waals surface area contributed by atoms with Gasteiger partial charge in [0.05, 0.1) is 12.6 Å². The predicted octanol–water partition coefficient (Wildman–Crippen LogP) is 2.61. The minimum absolute atomic E-state index is 0.366. The SMILES string of the molecule is CCC(COC)NC(CC)c1nccs1. The van der Waals surface area contributed by atoms with Crippen molar-refractivity contribution in [3.05, 3.63) is 16.6 Å². The Morgan fingerprint density at radius 2 is 2.27 bits per heavy atom. The number of nitrogens with one attached hydrogen (secondary N) is 1. The van der Waals surface area contributed by atoms with Crippen LogP contribution in [0.1, 0.15) is 37.7 Å². The monoisotopic (exact) mass is 228 g/mol. The third-order valence-electron chi connectivity index (χ3n) is 2.46. The lowest BCUT2D eigenvalue weighted by Gasteiger charge is -2.22. The van der Waals surface area contributed by atoms with Crippen LogP contribution in [-0.4, -0.2) is 24.7 Å². The molecule has 0 radical (unpaired) electrons. The number of methoxy groups -OCH3 is 1. The van der Waals surface area contributed by atoms with Gasteiger partial charge in [-0.1, -0.05) is 13.8 Å². The molecule has 0 fully saturated rings. The second-order valence-corrected chi connectivity index (χ2v) is 4.48. The molecule has 4 heteroatoms. The molecule has 0 aliphatic heterocycles. The van der Waals surface area contributed by atoms with E-state index in [2.05, 4.69) is 24.1 Å². The fraction of sp³-hybridized carbons (Fsp3) is 0.727. The van der Waals surface area contributed by atoms with Crippen molar-refractivity contribution in [2.45, 2.75) is 38.8 Å². The summed E-state index contributed by atoms with van der Waals surface area (Å²) in [6.45, 7) is 5.11. The smallest absolute Gasteiger partial charge is 0.109 e. The molecule has 0 spiro atoms. The van der Waals surface area contributed by atoms with Crippen molar-refractivity contribution in [3.63, 3.8) is 0 Å². The molecule has 0 amide bonds. The summed E-state index contributed by atoms with van der Waals surface area (Å²) in [6.07, 6.45) is 4.01. The first-order valence-electron chi connectivity index (χ1n) is 5.46. The highest BCUT2D eigenvalue weighted by atomic mass is 32.1. The molecule has 1 rings (SSSR count). The van der Waals surface area contributed by atoms with E-state index >= 15 is 0 Å². The summed E-state index contributed by atoms with van der Waals surface area (Å²) < 4.78 is 5.18. The van der Waals surface area contributed by atoms with Gasteiger partial charge in [0.15, 0.2) is 0 Å². The molecular weight excluding hydrogens is 208 g/mol. The van der Waals surface area contributed by atoms with Crippen LogP contribution in [0.15, 0.2) is 11.6 Å². The second-order valence-electron chi connectivity index (χ2n) is 3.56. The fourth-order valence-electron chi connectivity index (χ4n) is 1.54. The molecule has 0 bridgehead atoms. The molecule has 1 heterocycles. The maximum absolute atomic E-state index is 5.18. The molecule has 0 saturated carbocycles. The third-order valence-corrected chi connectivity index (χ3v) is 3.34. The molecular formula is C11H20N2OS. The van der Waals surface area contributed by atoms with Crippen LogP contribution in [0.5, 0.6) is 0 Å². The molecule has 1 aromatic heterocycles. The zero-order valence-corrected chi connectivity index (χ0v) is 10.5. The Balaban J connectivity index is 2.52. The molecule has 0 aliphatic carbocycles. The summed E-state index contributed by atoms with van der Waals surface area (Å²) in [6, 6.07) is 0.786. The number of hydrogen-bond donors (Lipinski definition) is 1. The zero-order valence-electron chi connectivity index (χ0n) is 9.69. The molecule has 2 unspecified atom stereocenters. The van der Waals surface area contributed by atoms with Crippen LogP contribution in [-0.2, 0) is 4.74 Å². The van der Waals surface area contributed by atoms with E-state index < -0.39 is 0 Å². The molecule has 3 nitrogen and oxygen atoms in total. The maximum atomic E-state index is 5.18. The van der Waals surface area contributed by atoms with Gasteiger partial charge >= 0.3 is 0 Å². The van der Waals surface area contributed by atoms with E-state index in [0.29, 0.717) is 12.1 Å². The van der Waals surface area contributed by atoms with Gasteiger partial charge in [-0.2, -0.15) is 0 Å². The highest BCUT2D eigenvalue weighted by Crippen LogP contribution is 2.19. The van der Waals surface area contributed by atoms with Gasteiger partial charge in [0.25, 0.3) is 0 Å². The third kappa shape index (κ3) is 3.89. The highest BCUT2D eigenvalue weighted by Gasteiger charge is 2.15. The maximum Gasteiger partial charge on any atom is 0.109 e. The summed E-state index contributed by atoms with van der Waals surface area (Å²) in [5, 5.41) is 6.78. The van der Waals surface area contributed by atoms with Crippen molar-refractivity contribution in [2.75, 3.05) is 13.7 Å². The first-order valence-corrected chi connectivity index (χ1v) is 6.34. The topological polar surface area (TPSA) is 34.1 Å². The number of aromatic nitrogens is 1.